The summed E-state index contributed by atoms with van der Waals surface area (Å²) in [7, 11) is 0. The van der Waals surface area contributed by atoms with Gasteiger partial charge in [0.15, 0.2) is 0 Å². The molecule has 1 unspecified atom stereocenters. The molecule has 0 radical (unpaired) electrons. The molecule has 1 heterocycles. The Morgan fingerprint density at radius 1 is 1.46 bits per heavy atom. The van der Waals surface area contributed by atoms with Crippen LogP contribution in [0.15, 0.2) is 12.4 Å². The van der Waals surface area contributed by atoms with E-state index in [2.05, 4.69) is 16.9 Å². The van der Waals surface area contributed by atoms with Crippen LogP contribution in [0.3, 0.4) is 0 Å². The minimum atomic E-state index is 0.183. The zero-order valence-corrected chi connectivity index (χ0v) is 8.03. The molecule has 72 valence electrons. The van der Waals surface area contributed by atoms with Gasteiger partial charge in [-0.1, -0.05) is 13.3 Å². The van der Waals surface area contributed by atoms with Gasteiger partial charge in [-0.2, -0.15) is 0 Å². The summed E-state index contributed by atoms with van der Waals surface area (Å²) in [4.78, 5) is 7.87. The number of aromatic nitrogens is 2. The number of anilines is 1. The van der Waals surface area contributed by atoms with Crippen molar-refractivity contribution in [2.45, 2.75) is 32.8 Å². The van der Waals surface area contributed by atoms with Crippen LogP contribution in [0.1, 0.15) is 26.7 Å². The Morgan fingerprint density at radius 2 is 2.23 bits per heavy atom. The molecule has 4 heteroatoms. The van der Waals surface area contributed by atoms with Gasteiger partial charge in [0.05, 0.1) is 18.5 Å². The van der Waals surface area contributed by atoms with Crippen LogP contribution < -0.4 is 10.5 Å². The van der Waals surface area contributed by atoms with E-state index in [1.165, 1.54) is 6.20 Å². The van der Waals surface area contributed by atoms with Crippen molar-refractivity contribution >= 4 is 5.82 Å². The summed E-state index contributed by atoms with van der Waals surface area (Å²) in [5.74, 6) is 0.950. The topological polar surface area (TPSA) is 61.0 Å². The Morgan fingerprint density at radius 3 is 2.77 bits per heavy atom. The average Bonchev–Trinajstić information content (AvgIpc) is 2.09. The van der Waals surface area contributed by atoms with Crippen molar-refractivity contribution in [2.24, 2.45) is 0 Å². The first-order chi connectivity index (χ1) is 6.22. The van der Waals surface area contributed by atoms with Crippen molar-refractivity contribution in [3.8, 4) is 5.88 Å². The van der Waals surface area contributed by atoms with Crippen molar-refractivity contribution in [1.29, 1.82) is 0 Å². The van der Waals surface area contributed by atoms with Gasteiger partial charge >= 0.3 is 0 Å². The number of nitrogens with zero attached hydrogens (tertiary/aromatic N) is 2. The molecule has 0 spiro atoms. The molecule has 1 aromatic heterocycles. The molecular formula is C9H15N3O. The van der Waals surface area contributed by atoms with E-state index in [1.54, 1.807) is 6.20 Å². The largest absolute Gasteiger partial charge is 0.474 e. The lowest BCUT2D eigenvalue weighted by atomic mass is 10.2. The van der Waals surface area contributed by atoms with Gasteiger partial charge in [-0.15, -0.1) is 0 Å². The predicted octanol–water partition coefficient (Wildman–Crippen LogP) is 1.63. The van der Waals surface area contributed by atoms with E-state index in [0.29, 0.717) is 11.7 Å². The second kappa shape index (κ2) is 4.64. The summed E-state index contributed by atoms with van der Waals surface area (Å²) < 4.78 is 5.48. The summed E-state index contributed by atoms with van der Waals surface area (Å²) in [6.45, 7) is 4.13. The molecule has 1 rings (SSSR count). The first kappa shape index (κ1) is 9.77. The third-order valence-electron chi connectivity index (χ3n) is 1.67. The van der Waals surface area contributed by atoms with Gasteiger partial charge in [0.1, 0.15) is 5.82 Å². The van der Waals surface area contributed by atoms with E-state index < -0.39 is 0 Å². The average molecular weight is 181 g/mol. The molecule has 0 aliphatic rings. The number of rotatable bonds is 4. The third kappa shape index (κ3) is 3.27. The van der Waals surface area contributed by atoms with Crippen LogP contribution in [0.25, 0.3) is 0 Å². The van der Waals surface area contributed by atoms with Crippen LogP contribution in [0.2, 0.25) is 0 Å². The Kier molecular flexibility index (Phi) is 3.49. The summed E-state index contributed by atoms with van der Waals surface area (Å²) in [6.07, 6.45) is 5.34. The van der Waals surface area contributed by atoms with Crippen molar-refractivity contribution < 1.29 is 4.74 Å². The summed E-state index contributed by atoms with van der Waals surface area (Å²) in [5.41, 5.74) is 5.39. The van der Waals surface area contributed by atoms with Crippen LogP contribution in [0.4, 0.5) is 5.82 Å². The van der Waals surface area contributed by atoms with Crippen LogP contribution in [-0.2, 0) is 0 Å². The quantitative estimate of drug-likeness (QED) is 0.766. The van der Waals surface area contributed by atoms with Crippen molar-refractivity contribution in [1.82, 2.24) is 9.97 Å². The molecule has 0 amide bonds. The molecule has 0 aromatic carbocycles. The van der Waals surface area contributed by atoms with Gasteiger partial charge in [-0.05, 0) is 13.3 Å². The molecule has 0 fully saturated rings. The molecule has 4 nitrogen and oxygen atoms in total. The molecule has 13 heavy (non-hydrogen) atoms. The lowest BCUT2D eigenvalue weighted by Gasteiger charge is -2.11. The second-order valence-corrected chi connectivity index (χ2v) is 3.00. The SMILES string of the molecule is CCCC(C)Oc1cnc(N)cn1. The summed E-state index contributed by atoms with van der Waals surface area (Å²) in [5, 5.41) is 0. The van der Waals surface area contributed by atoms with E-state index in [9.17, 15) is 0 Å². The van der Waals surface area contributed by atoms with Gasteiger partial charge in [0, 0.05) is 0 Å². The predicted molar refractivity (Wildman–Crippen MR) is 51.4 cm³/mol. The Balaban J connectivity index is 2.49. The number of nitrogen functional groups attached to an aromatic ring is 1. The maximum absolute atomic E-state index is 5.48. The first-order valence-corrected chi connectivity index (χ1v) is 4.46. The van der Waals surface area contributed by atoms with E-state index in [4.69, 9.17) is 10.5 Å². The molecule has 1 aromatic rings. The number of ether oxygens (including phenoxy) is 1. The molecule has 0 aliphatic carbocycles. The number of nitrogens with two attached hydrogens (primary N) is 1. The number of hydrogen-bond donors (Lipinski definition) is 1. The van der Waals surface area contributed by atoms with Crippen LogP contribution in [-0.4, -0.2) is 16.1 Å². The second-order valence-electron chi connectivity index (χ2n) is 3.00. The standard InChI is InChI=1S/C9H15N3O/c1-3-4-7(2)13-9-6-11-8(10)5-12-9/h5-7H,3-4H2,1-2H3,(H2,10,11). The zero-order valence-electron chi connectivity index (χ0n) is 8.03. The van der Waals surface area contributed by atoms with Crippen molar-refractivity contribution in [3.05, 3.63) is 12.4 Å². The smallest absolute Gasteiger partial charge is 0.232 e. The summed E-state index contributed by atoms with van der Waals surface area (Å²) in [6, 6.07) is 0. The van der Waals surface area contributed by atoms with E-state index in [-0.39, 0.29) is 6.10 Å². The molecule has 0 saturated heterocycles. The third-order valence-corrected chi connectivity index (χ3v) is 1.67. The normalized spacial score (nSPS) is 12.5. The fraction of sp³-hybridized carbons (Fsp3) is 0.556. The molecule has 1 atom stereocenters. The van der Waals surface area contributed by atoms with Gasteiger partial charge in [-0.3, -0.25) is 0 Å². The van der Waals surface area contributed by atoms with Crippen LogP contribution >= 0.6 is 0 Å². The van der Waals surface area contributed by atoms with Gasteiger partial charge in [-0.25, -0.2) is 9.97 Å². The molecule has 2 N–H and O–H groups in total. The van der Waals surface area contributed by atoms with E-state index in [0.717, 1.165) is 12.8 Å². The highest BCUT2D eigenvalue weighted by Crippen LogP contribution is 2.09. The lowest BCUT2D eigenvalue weighted by Crippen LogP contribution is -2.12. The minimum absolute atomic E-state index is 0.183. The first-order valence-electron chi connectivity index (χ1n) is 4.46. The van der Waals surface area contributed by atoms with Crippen LogP contribution in [0, 0.1) is 0 Å². The Hall–Kier alpha value is -1.32. The molecule has 0 aliphatic heterocycles. The fourth-order valence-corrected chi connectivity index (χ4v) is 1.06. The fourth-order valence-electron chi connectivity index (χ4n) is 1.06. The molecule has 0 bridgehead atoms. The maximum Gasteiger partial charge on any atom is 0.232 e. The molecular weight excluding hydrogens is 166 g/mol. The van der Waals surface area contributed by atoms with Gasteiger partial charge in [0.25, 0.3) is 0 Å². The van der Waals surface area contributed by atoms with E-state index in [1.807, 2.05) is 6.92 Å². The monoisotopic (exact) mass is 181 g/mol. The Labute approximate surface area is 78.1 Å². The van der Waals surface area contributed by atoms with Crippen molar-refractivity contribution in [2.75, 3.05) is 5.73 Å². The van der Waals surface area contributed by atoms with Crippen LogP contribution in [0.5, 0.6) is 5.88 Å². The van der Waals surface area contributed by atoms with Crippen molar-refractivity contribution in [3.63, 3.8) is 0 Å². The highest BCUT2D eigenvalue weighted by Gasteiger charge is 2.03. The highest BCUT2D eigenvalue weighted by atomic mass is 16.5. The van der Waals surface area contributed by atoms with E-state index >= 15 is 0 Å². The molecule has 0 saturated carbocycles. The maximum atomic E-state index is 5.48. The lowest BCUT2D eigenvalue weighted by molar-refractivity contribution is 0.200. The van der Waals surface area contributed by atoms with Gasteiger partial charge in [0.2, 0.25) is 5.88 Å². The minimum Gasteiger partial charge on any atom is -0.474 e. The highest BCUT2D eigenvalue weighted by molar-refractivity contribution is 5.24. The summed E-state index contributed by atoms with van der Waals surface area (Å²) >= 11 is 0. The van der Waals surface area contributed by atoms with Gasteiger partial charge < -0.3 is 10.5 Å². The Bertz CT molecular complexity index is 248. The number of hydrogen-bond acceptors (Lipinski definition) is 4. The zero-order chi connectivity index (χ0) is 9.68.